The fraction of sp³-hybridized carbons (Fsp3) is 0. The number of hydrogen-bond acceptors (Lipinski definition) is 3. The Morgan fingerprint density at radius 2 is 0.587 bits per heavy atom. The zero-order valence-electron chi connectivity index (χ0n) is 40.6. The van der Waals surface area contributed by atoms with Crippen LogP contribution in [0.1, 0.15) is 0 Å². The molecule has 75 heavy (non-hydrogen) atoms. The Labute approximate surface area is 432 Å². The van der Waals surface area contributed by atoms with Crippen molar-refractivity contribution < 1.29 is 0 Å². The van der Waals surface area contributed by atoms with E-state index in [0.29, 0.717) is 17.5 Å². The fourth-order valence-corrected chi connectivity index (χ4v) is 11.5. The van der Waals surface area contributed by atoms with Gasteiger partial charge in [-0.1, -0.05) is 176 Å². The van der Waals surface area contributed by atoms with Crippen LogP contribution in [0.4, 0.5) is 0 Å². The van der Waals surface area contributed by atoms with Crippen LogP contribution in [0.3, 0.4) is 0 Å². The van der Waals surface area contributed by atoms with Crippen LogP contribution in [0.15, 0.2) is 267 Å². The summed E-state index contributed by atoms with van der Waals surface area (Å²) in [5.74, 6) is 1.86. The van der Waals surface area contributed by atoms with Crippen molar-refractivity contribution in [2.45, 2.75) is 0 Å². The molecule has 4 aromatic heterocycles. The van der Waals surface area contributed by atoms with Gasteiger partial charge in [-0.15, -0.1) is 0 Å². The van der Waals surface area contributed by atoms with Gasteiger partial charge in [-0.2, -0.15) is 0 Å². The van der Waals surface area contributed by atoms with Crippen molar-refractivity contribution in [1.29, 1.82) is 0 Å². The van der Waals surface area contributed by atoms with Crippen LogP contribution in [-0.2, 0) is 0 Å². The molecule has 6 heteroatoms. The maximum absolute atomic E-state index is 5.20. The molecular formula is C69H44N6. The van der Waals surface area contributed by atoms with Crippen molar-refractivity contribution in [3.05, 3.63) is 267 Å². The van der Waals surface area contributed by atoms with Crippen molar-refractivity contribution in [3.8, 4) is 73.5 Å². The first-order chi connectivity index (χ1) is 37.2. The average Bonchev–Trinajstić information content (AvgIpc) is 4.13. The SMILES string of the molecule is c1ccc(-c2nc(-c3ccccc3)nc(-c3ccc(-n4c5ccccc5c5ccccc54)c(-c4ccc5c(c4)c4ccc(-c6ccc7c(c6)c6ccccc6n7-c6ccccc6)cc4n5-c4ccccc4)c3)n2)cc1. The topological polar surface area (TPSA) is 53.5 Å². The van der Waals surface area contributed by atoms with E-state index in [2.05, 4.69) is 244 Å². The molecule has 0 atom stereocenters. The van der Waals surface area contributed by atoms with Gasteiger partial charge in [-0.05, 0) is 108 Å². The summed E-state index contributed by atoms with van der Waals surface area (Å²) in [6.45, 7) is 0. The third kappa shape index (κ3) is 6.99. The van der Waals surface area contributed by atoms with E-state index in [1.54, 1.807) is 0 Å². The lowest BCUT2D eigenvalue weighted by atomic mass is 9.97. The first kappa shape index (κ1) is 42.5. The second kappa shape index (κ2) is 17.3. The summed E-state index contributed by atoms with van der Waals surface area (Å²) in [5, 5.41) is 7.21. The Hall–Kier alpha value is -10.2. The Morgan fingerprint density at radius 3 is 1.15 bits per heavy atom. The summed E-state index contributed by atoms with van der Waals surface area (Å²) in [6, 6.07) is 95.5. The van der Waals surface area contributed by atoms with Gasteiger partial charge in [0.05, 0.1) is 38.8 Å². The van der Waals surface area contributed by atoms with Gasteiger partial charge in [0.1, 0.15) is 0 Å². The minimum Gasteiger partial charge on any atom is -0.309 e. The molecule has 0 aliphatic heterocycles. The maximum atomic E-state index is 5.20. The van der Waals surface area contributed by atoms with Gasteiger partial charge >= 0.3 is 0 Å². The van der Waals surface area contributed by atoms with Gasteiger partial charge in [-0.3, -0.25) is 0 Å². The maximum Gasteiger partial charge on any atom is 0.164 e. The van der Waals surface area contributed by atoms with Gasteiger partial charge in [0.15, 0.2) is 17.5 Å². The van der Waals surface area contributed by atoms with Crippen molar-refractivity contribution >= 4 is 65.4 Å². The lowest BCUT2D eigenvalue weighted by molar-refractivity contribution is 1.07. The van der Waals surface area contributed by atoms with E-state index >= 15 is 0 Å². The fourth-order valence-electron chi connectivity index (χ4n) is 11.5. The number of para-hydroxylation sites is 5. The highest BCUT2D eigenvalue weighted by Crippen LogP contribution is 2.43. The van der Waals surface area contributed by atoms with Crippen LogP contribution in [0.2, 0.25) is 0 Å². The highest BCUT2D eigenvalue weighted by Gasteiger charge is 2.22. The van der Waals surface area contributed by atoms with E-state index in [0.717, 1.165) is 77.9 Å². The molecule has 15 rings (SSSR count). The standard InChI is InChI=1S/C69H44N6/c1-5-19-45(20-6-1)67-70-68(46-21-7-2-8-22-46)72-69(71-67)50-36-40-63(75-61-31-17-13-27-53(61)54-28-14-18-32-62(54)75)57(43-50)49-35-39-65-59(42-49)56-37-33-48(44-66(56)74(65)52-25-11-4-12-26-52)47-34-38-64-58(41-47)55-29-15-16-30-60(55)73(64)51-23-9-3-10-24-51/h1-44H. The quantitative estimate of drug-likeness (QED) is 0.152. The molecule has 15 aromatic rings. The highest BCUT2D eigenvalue weighted by atomic mass is 15.0. The monoisotopic (exact) mass is 956 g/mol. The Kier molecular flexibility index (Phi) is 9.78. The summed E-state index contributed by atoms with van der Waals surface area (Å²) in [6.07, 6.45) is 0. The van der Waals surface area contributed by atoms with Gasteiger partial charge in [0.25, 0.3) is 0 Å². The molecule has 350 valence electrons. The number of rotatable bonds is 8. The zero-order chi connectivity index (χ0) is 49.4. The number of benzene rings is 11. The van der Waals surface area contributed by atoms with E-state index in [4.69, 9.17) is 15.0 Å². The van der Waals surface area contributed by atoms with Crippen molar-refractivity contribution in [1.82, 2.24) is 28.7 Å². The molecule has 0 saturated carbocycles. The summed E-state index contributed by atoms with van der Waals surface area (Å²) in [7, 11) is 0. The van der Waals surface area contributed by atoms with Crippen molar-refractivity contribution in [2.24, 2.45) is 0 Å². The van der Waals surface area contributed by atoms with Crippen LogP contribution in [0.25, 0.3) is 139 Å². The Bertz CT molecular complexity index is 4580. The molecule has 0 unspecified atom stereocenters. The first-order valence-corrected chi connectivity index (χ1v) is 25.4. The smallest absolute Gasteiger partial charge is 0.164 e. The predicted octanol–water partition coefficient (Wildman–Crippen LogP) is 17.5. The highest BCUT2D eigenvalue weighted by molar-refractivity contribution is 6.14. The molecular weight excluding hydrogens is 913 g/mol. The van der Waals surface area contributed by atoms with Gasteiger partial charge < -0.3 is 13.7 Å². The summed E-state index contributed by atoms with van der Waals surface area (Å²) >= 11 is 0. The minimum atomic E-state index is 0.606. The molecule has 0 amide bonds. The van der Waals surface area contributed by atoms with Crippen LogP contribution >= 0.6 is 0 Å². The Morgan fingerprint density at radius 1 is 0.213 bits per heavy atom. The molecule has 0 aliphatic carbocycles. The van der Waals surface area contributed by atoms with Crippen LogP contribution in [0, 0.1) is 0 Å². The predicted molar refractivity (Wildman–Crippen MR) is 310 cm³/mol. The third-order valence-electron chi connectivity index (χ3n) is 14.9. The summed E-state index contributed by atoms with van der Waals surface area (Å²) < 4.78 is 7.21. The molecule has 0 fully saturated rings. The average molecular weight is 957 g/mol. The molecule has 4 heterocycles. The van der Waals surface area contributed by atoms with Crippen molar-refractivity contribution in [2.75, 3.05) is 0 Å². The Balaban J connectivity index is 0.950. The summed E-state index contributed by atoms with van der Waals surface area (Å²) in [4.78, 5) is 15.4. The zero-order valence-corrected chi connectivity index (χ0v) is 40.6. The first-order valence-electron chi connectivity index (χ1n) is 25.4. The number of fused-ring (bicyclic) bond motifs is 9. The van der Waals surface area contributed by atoms with E-state index in [1.165, 1.54) is 43.5 Å². The number of hydrogen-bond donors (Lipinski definition) is 0. The minimum absolute atomic E-state index is 0.606. The second-order valence-electron chi connectivity index (χ2n) is 19.2. The molecule has 0 spiro atoms. The largest absolute Gasteiger partial charge is 0.309 e. The molecule has 6 nitrogen and oxygen atoms in total. The van der Waals surface area contributed by atoms with E-state index in [-0.39, 0.29) is 0 Å². The van der Waals surface area contributed by atoms with E-state index in [9.17, 15) is 0 Å². The molecule has 0 radical (unpaired) electrons. The van der Waals surface area contributed by atoms with E-state index in [1.807, 2.05) is 36.4 Å². The summed E-state index contributed by atoms with van der Waals surface area (Å²) in [5.41, 5.74) is 17.5. The number of aromatic nitrogens is 6. The van der Waals surface area contributed by atoms with Gasteiger partial charge in [0.2, 0.25) is 0 Å². The number of nitrogens with zero attached hydrogens (tertiary/aromatic N) is 6. The third-order valence-corrected chi connectivity index (χ3v) is 14.9. The second-order valence-corrected chi connectivity index (χ2v) is 19.2. The lowest BCUT2D eigenvalue weighted by Gasteiger charge is -2.16. The molecule has 0 saturated heterocycles. The molecule has 11 aromatic carbocycles. The molecule has 0 N–H and O–H groups in total. The van der Waals surface area contributed by atoms with Crippen molar-refractivity contribution in [3.63, 3.8) is 0 Å². The molecule has 0 aliphatic rings. The lowest BCUT2D eigenvalue weighted by Crippen LogP contribution is -2.02. The molecule has 0 bridgehead atoms. The van der Waals surface area contributed by atoms with Crippen LogP contribution < -0.4 is 0 Å². The van der Waals surface area contributed by atoms with Gasteiger partial charge in [-0.25, -0.2) is 15.0 Å². The normalized spacial score (nSPS) is 11.7. The van der Waals surface area contributed by atoms with Crippen LogP contribution in [0.5, 0.6) is 0 Å². The van der Waals surface area contributed by atoms with E-state index < -0.39 is 0 Å². The van der Waals surface area contributed by atoms with Crippen LogP contribution in [-0.4, -0.2) is 28.7 Å². The van der Waals surface area contributed by atoms with Gasteiger partial charge in [0, 0.05) is 65.9 Å².